The van der Waals surface area contributed by atoms with E-state index in [1.807, 2.05) is 58.1 Å². The van der Waals surface area contributed by atoms with Crippen molar-refractivity contribution in [2.45, 2.75) is 7.35 Å². The molecule has 8 rings (SSSR count). The Labute approximate surface area is 248 Å². The minimum absolute atomic E-state index is 0. The maximum Gasteiger partial charge on any atom is -1.00 e. The smallest absolute Gasteiger partial charge is 1.00 e. The summed E-state index contributed by atoms with van der Waals surface area (Å²) in [6.45, 7) is 0. The van der Waals surface area contributed by atoms with Gasteiger partial charge in [-0.2, -0.15) is 0 Å². The van der Waals surface area contributed by atoms with Gasteiger partial charge in [-0.05, 0) is 0 Å². The van der Waals surface area contributed by atoms with Crippen LogP contribution in [-0.4, -0.2) is 30.0 Å². The molecular formula is C30H20Cl2HfN6. The van der Waals surface area contributed by atoms with Gasteiger partial charge in [-0.1, -0.05) is 0 Å². The Hall–Kier alpha value is -3.39. The second-order valence-corrected chi connectivity index (χ2v) is 14.7. The largest absolute Gasteiger partial charge is 1.00 e. The van der Waals surface area contributed by atoms with Crippen LogP contribution in [0.15, 0.2) is 97.1 Å². The molecule has 2 heterocycles. The van der Waals surface area contributed by atoms with E-state index in [0.717, 1.165) is 22.1 Å². The number of aromatic nitrogens is 6. The van der Waals surface area contributed by atoms with Gasteiger partial charge in [-0.25, -0.2) is 0 Å². The summed E-state index contributed by atoms with van der Waals surface area (Å²) in [4.78, 5) is 3.76. The van der Waals surface area contributed by atoms with Crippen LogP contribution in [-0.2, 0) is 22.9 Å². The molecule has 6 nitrogen and oxygen atoms in total. The van der Waals surface area contributed by atoms with Gasteiger partial charge in [0.25, 0.3) is 0 Å². The Balaban J connectivity index is 0.00000138. The van der Waals surface area contributed by atoms with E-state index in [1.165, 1.54) is 33.6 Å². The average molecular weight is 714 g/mol. The van der Waals surface area contributed by atoms with Crippen LogP contribution in [0.5, 0.6) is 0 Å². The minimum Gasteiger partial charge on any atom is -1.00 e. The maximum absolute atomic E-state index is 4.88. The van der Waals surface area contributed by atoms with Gasteiger partial charge < -0.3 is 24.8 Å². The first-order valence-electron chi connectivity index (χ1n) is 12.3. The molecule has 9 heteroatoms. The number of halogens is 2. The second-order valence-electron chi connectivity index (χ2n) is 9.39. The van der Waals surface area contributed by atoms with E-state index in [0.29, 0.717) is 7.35 Å². The molecule has 2 unspecified atom stereocenters. The molecule has 0 fully saturated rings. The van der Waals surface area contributed by atoms with Gasteiger partial charge in [0.2, 0.25) is 0 Å². The summed E-state index contributed by atoms with van der Waals surface area (Å²) >= 11 is -1.53. The van der Waals surface area contributed by atoms with E-state index in [4.69, 9.17) is 20.4 Å². The third-order valence-electron chi connectivity index (χ3n) is 7.18. The number of nitrogens with zero attached hydrogens (tertiary/aromatic N) is 6. The van der Waals surface area contributed by atoms with Gasteiger partial charge in [0.15, 0.2) is 0 Å². The molecule has 6 aromatic rings. The number of rotatable bonds is 4. The normalized spacial score (nSPS) is 17.0. The fourth-order valence-electron chi connectivity index (χ4n) is 5.43. The van der Waals surface area contributed by atoms with Gasteiger partial charge in [-0.15, -0.1) is 0 Å². The molecule has 0 bridgehead atoms. The molecule has 188 valence electrons. The van der Waals surface area contributed by atoms with Crippen molar-refractivity contribution in [2.75, 3.05) is 0 Å². The fourth-order valence-corrected chi connectivity index (χ4v) is 12.5. The van der Waals surface area contributed by atoms with Crippen molar-refractivity contribution in [2.24, 2.45) is 0 Å². The van der Waals surface area contributed by atoms with Crippen molar-refractivity contribution in [1.29, 1.82) is 0 Å². The molecule has 0 saturated heterocycles. The molecule has 39 heavy (non-hydrogen) atoms. The summed E-state index contributed by atoms with van der Waals surface area (Å²) in [6, 6.07) is 33.7. The number of fused-ring (bicyclic) bond motifs is 4. The van der Waals surface area contributed by atoms with E-state index in [1.54, 1.807) is 0 Å². The average Bonchev–Trinajstić information content (AvgIpc) is 3.71. The van der Waals surface area contributed by atoms with Crippen molar-refractivity contribution < 1.29 is 47.7 Å². The van der Waals surface area contributed by atoms with Crippen molar-refractivity contribution >= 4 is 45.6 Å². The van der Waals surface area contributed by atoms with E-state index in [-0.39, 0.29) is 24.8 Å². The first-order chi connectivity index (χ1) is 18.3. The summed E-state index contributed by atoms with van der Waals surface area (Å²) < 4.78 is 0.644. The second kappa shape index (κ2) is 10.3. The number of benzene rings is 4. The van der Waals surface area contributed by atoms with Gasteiger partial charge in [0.05, 0.1) is 0 Å². The molecular weight excluding hydrogens is 694 g/mol. The number of hydrogen-bond donors (Lipinski definition) is 0. The first kappa shape index (κ1) is 25.9. The monoisotopic (exact) mass is 714 g/mol. The molecule has 0 amide bonds. The van der Waals surface area contributed by atoms with E-state index < -0.39 is 22.9 Å². The predicted octanol–water partition coefficient (Wildman–Crippen LogP) is 0.0723. The first-order valence-corrected chi connectivity index (χ1v) is 16.5. The van der Waals surface area contributed by atoms with Crippen LogP contribution in [0.4, 0.5) is 0 Å². The van der Waals surface area contributed by atoms with Crippen LogP contribution >= 0.6 is 0 Å². The zero-order valence-corrected chi connectivity index (χ0v) is 25.6. The molecule has 4 aromatic carbocycles. The third-order valence-corrected chi connectivity index (χ3v) is 13.9. The summed E-state index contributed by atoms with van der Waals surface area (Å²) in [6.07, 6.45) is 4.58. The van der Waals surface area contributed by atoms with Crippen molar-refractivity contribution in [1.82, 2.24) is 30.0 Å². The van der Waals surface area contributed by atoms with Crippen molar-refractivity contribution in [3.63, 3.8) is 0 Å². The zero-order valence-electron chi connectivity index (χ0n) is 20.5. The molecule has 0 N–H and O–H groups in total. The molecule has 2 aliphatic carbocycles. The van der Waals surface area contributed by atoms with E-state index >= 15 is 0 Å². The summed E-state index contributed by atoms with van der Waals surface area (Å²) in [5, 5.41) is 19.5. The molecule has 0 aliphatic heterocycles. The summed E-state index contributed by atoms with van der Waals surface area (Å²) in [5.41, 5.74) is 11.4. The molecule has 2 aromatic heterocycles. The van der Waals surface area contributed by atoms with Crippen LogP contribution in [0.25, 0.3) is 45.6 Å². The molecule has 0 saturated carbocycles. The Morgan fingerprint density at radius 1 is 0.462 bits per heavy atom. The van der Waals surface area contributed by atoms with E-state index in [9.17, 15) is 0 Å². The van der Waals surface area contributed by atoms with Crippen molar-refractivity contribution in [3.8, 4) is 0 Å². The van der Waals surface area contributed by atoms with Crippen LogP contribution in [0.1, 0.15) is 29.6 Å². The standard InChI is InChI=1S/2C15H10N3.2ClH.Hf/c2*1-2-6-12-10-13(9-11(12)5-1)18-16-14-7-3-4-8-15(14)17-18;;;/h2*1-10H;2*1H;/q;;;;+2/p-2. The van der Waals surface area contributed by atoms with Gasteiger partial charge in [0, 0.05) is 0 Å². The molecule has 2 atom stereocenters. The van der Waals surface area contributed by atoms with Crippen LogP contribution < -0.4 is 24.8 Å². The van der Waals surface area contributed by atoms with Gasteiger partial charge >= 0.3 is 225 Å². The predicted molar refractivity (Wildman–Crippen MR) is 142 cm³/mol. The van der Waals surface area contributed by atoms with E-state index in [2.05, 4.69) is 60.7 Å². The minimum atomic E-state index is -1.53. The topological polar surface area (TPSA) is 61.4 Å². The molecule has 0 spiro atoms. The third kappa shape index (κ3) is 4.29. The van der Waals surface area contributed by atoms with Crippen LogP contribution in [0.2, 0.25) is 0 Å². The Bertz CT molecular complexity index is 1700. The Morgan fingerprint density at radius 3 is 1.18 bits per heavy atom. The molecule has 0 radical (unpaired) electrons. The molecule has 2 aliphatic rings. The zero-order chi connectivity index (χ0) is 24.3. The van der Waals surface area contributed by atoms with Gasteiger partial charge in [0.1, 0.15) is 0 Å². The number of hydrogen-bond acceptors (Lipinski definition) is 4. The summed E-state index contributed by atoms with van der Waals surface area (Å²) in [5.74, 6) is 0. The maximum atomic E-state index is 4.88. The van der Waals surface area contributed by atoms with Crippen molar-refractivity contribution in [3.05, 3.63) is 119 Å². The SMILES string of the molecule is C1=C(n2nc3ccccc3n2)[CH]([Hf+2][CH]2C(n3nc4ccccc4n3)=Cc3ccccc32)c2ccccc21.[Cl-].[Cl-]. The number of allylic oxidation sites excluding steroid dienone is 2. The Morgan fingerprint density at radius 2 is 0.795 bits per heavy atom. The van der Waals surface area contributed by atoms with Crippen LogP contribution in [0.3, 0.4) is 0 Å². The summed E-state index contributed by atoms with van der Waals surface area (Å²) in [7, 11) is 0. The van der Waals surface area contributed by atoms with Crippen LogP contribution in [0, 0.1) is 0 Å². The fraction of sp³-hybridized carbons (Fsp3) is 0.0667. The quantitative estimate of drug-likeness (QED) is 0.243. The van der Waals surface area contributed by atoms with Gasteiger partial charge in [-0.3, -0.25) is 0 Å². The Kier molecular flexibility index (Phi) is 6.83.